The van der Waals surface area contributed by atoms with Crippen LogP contribution in [0.1, 0.15) is 76.7 Å². The van der Waals surface area contributed by atoms with Crippen LogP contribution in [0.15, 0.2) is 110 Å². The Balaban J connectivity index is 0.000000158. The summed E-state index contributed by atoms with van der Waals surface area (Å²) in [5, 5.41) is 0. The number of benzene rings is 1. The Bertz CT molecular complexity index is 1820. The third-order valence-corrected chi connectivity index (χ3v) is 9.86. The zero-order valence-electron chi connectivity index (χ0n) is 26.5. The third kappa shape index (κ3) is 4.03. The maximum atomic E-state index is 11.9. The molecule has 5 aliphatic rings. The van der Waals surface area contributed by atoms with Crippen molar-refractivity contribution in [3.05, 3.63) is 134 Å². The highest BCUT2D eigenvalue weighted by Crippen LogP contribution is 2.70. The predicted molar refractivity (Wildman–Crippen MR) is 173 cm³/mol. The number of carbonyl (C=O) groups is 2. The van der Waals surface area contributed by atoms with Crippen molar-refractivity contribution in [2.75, 3.05) is 0 Å². The molecule has 0 bridgehead atoms. The molecule has 43 heavy (non-hydrogen) atoms. The second-order valence-corrected chi connectivity index (χ2v) is 12.8. The van der Waals surface area contributed by atoms with Gasteiger partial charge in [0.1, 0.15) is 11.5 Å². The van der Waals surface area contributed by atoms with Gasteiger partial charge in [-0.25, -0.2) is 9.59 Å². The van der Waals surface area contributed by atoms with Crippen molar-refractivity contribution >= 4 is 28.7 Å². The van der Waals surface area contributed by atoms with Crippen molar-refractivity contribution in [3.8, 4) is 0 Å². The summed E-state index contributed by atoms with van der Waals surface area (Å²) >= 11 is 0. The van der Waals surface area contributed by atoms with Crippen molar-refractivity contribution in [2.24, 2.45) is 10.8 Å². The molecule has 0 N–H and O–H groups in total. The van der Waals surface area contributed by atoms with Gasteiger partial charge in [0.2, 0.25) is 0 Å². The lowest BCUT2D eigenvalue weighted by molar-refractivity contribution is -0.149. The van der Waals surface area contributed by atoms with E-state index in [1.807, 2.05) is 19.9 Å². The summed E-state index contributed by atoms with van der Waals surface area (Å²) in [7, 11) is 0. The monoisotopic (exact) mass is 570 g/mol. The van der Waals surface area contributed by atoms with Gasteiger partial charge in [0, 0.05) is 16.4 Å². The standard InChI is InChI=1S/C24H22.C15H16O4/c1-15-11-17-9-10-18-12-16(2)14-22-20-8-6-5-7-19(20)21(13-15)23(17,3)24(18,22)4;1-7(2)12-13(15(17)19-14(12)16)9(4)11-6-8(3)18-10(11)5/h5-14H,1-4H3;6H,1-5H3/b;13-9+. The van der Waals surface area contributed by atoms with Crippen LogP contribution >= 0.6 is 0 Å². The second-order valence-electron chi connectivity index (χ2n) is 12.8. The van der Waals surface area contributed by atoms with Gasteiger partial charge in [-0.05, 0) is 93.5 Å². The van der Waals surface area contributed by atoms with Crippen LogP contribution in [0.3, 0.4) is 0 Å². The van der Waals surface area contributed by atoms with Crippen molar-refractivity contribution in [2.45, 2.75) is 62.3 Å². The van der Waals surface area contributed by atoms with Crippen molar-refractivity contribution in [1.82, 2.24) is 0 Å². The first-order valence-corrected chi connectivity index (χ1v) is 14.8. The van der Waals surface area contributed by atoms with Crippen LogP contribution < -0.4 is 0 Å². The molecule has 2 unspecified atom stereocenters. The molecule has 2 atom stereocenters. The molecule has 2 heterocycles. The van der Waals surface area contributed by atoms with E-state index in [1.165, 1.54) is 44.6 Å². The topological polar surface area (TPSA) is 56.5 Å². The maximum absolute atomic E-state index is 11.9. The largest absolute Gasteiger partial charge is 0.466 e. The summed E-state index contributed by atoms with van der Waals surface area (Å²) in [5.74, 6) is 0.334. The summed E-state index contributed by atoms with van der Waals surface area (Å²) in [6.45, 7) is 18.4. The van der Waals surface area contributed by atoms with Gasteiger partial charge in [-0.2, -0.15) is 0 Å². The first kappa shape index (κ1) is 28.7. The van der Waals surface area contributed by atoms with Gasteiger partial charge >= 0.3 is 11.9 Å². The fourth-order valence-corrected chi connectivity index (χ4v) is 7.61. The minimum atomic E-state index is -0.586. The normalized spacial score (nSPS) is 25.9. The average molecular weight is 571 g/mol. The lowest BCUT2D eigenvalue weighted by atomic mass is 9.44. The predicted octanol–water partition coefficient (Wildman–Crippen LogP) is 9.36. The molecule has 7 rings (SSSR count). The first-order valence-electron chi connectivity index (χ1n) is 14.8. The Labute approximate surface area is 254 Å². The van der Waals surface area contributed by atoms with Crippen LogP contribution in [0.5, 0.6) is 0 Å². The van der Waals surface area contributed by atoms with Crippen LogP contribution in [0.4, 0.5) is 0 Å². The molecule has 2 aromatic rings. The number of hydrogen-bond donors (Lipinski definition) is 0. The third-order valence-electron chi connectivity index (χ3n) is 9.86. The molecule has 0 saturated carbocycles. The number of hydrogen-bond acceptors (Lipinski definition) is 4. The highest BCUT2D eigenvalue weighted by molar-refractivity contribution is 6.22. The maximum Gasteiger partial charge on any atom is 0.347 e. The van der Waals surface area contributed by atoms with E-state index in [0.717, 1.165) is 22.7 Å². The number of allylic oxidation sites excluding steroid dienone is 14. The molecule has 4 heteroatoms. The summed E-state index contributed by atoms with van der Waals surface area (Å²) in [4.78, 5) is 23.6. The van der Waals surface area contributed by atoms with Crippen molar-refractivity contribution in [3.63, 3.8) is 0 Å². The summed E-state index contributed by atoms with van der Waals surface area (Å²) < 4.78 is 10.2. The molecule has 0 amide bonds. The molecule has 1 fully saturated rings. The molecular weight excluding hydrogens is 532 g/mol. The van der Waals surface area contributed by atoms with Gasteiger partial charge in [0.05, 0.1) is 11.1 Å². The number of esters is 2. The highest BCUT2D eigenvalue weighted by Gasteiger charge is 2.58. The van der Waals surface area contributed by atoms with Crippen molar-refractivity contribution < 1.29 is 18.7 Å². The van der Waals surface area contributed by atoms with Gasteiger partial charge in [-0.3, -0.25) is 0 Å². The molecule has 0 spiro atoms. The Kier molecular flexibility index (Phi) is 6.54. The molecular formula is C39H38O4. The molecule has 0 radical (unpaired) electrons. The number of cyclic esters (lactones) is 2. The zero-order chi connectivity index (χ0) is 31.0. The second kappa shape index (κ2) is 9.80. The van der Waals surface area contributed by atoms with Gasteiger partial charge < -0.3 is 9.15 Å². The van der Waals surface area contributed by atoms with Gasteiger partial charge in [-0.15, -0.1) is 0 Å². The summed E-state index contributed by atoms with van der Waals surface area (Å²) in [5.41, 5.74) is 14.3. The number of furan rings is 1. The van der Waals surface area contributed by atoms with E-state index in [1.54, 1.807) is 20.8 Å². The van der Waals surface area contributed by atoms with Crippen LogP contribution in [-0.4, -0.2) is 11.9 Å². The van der Waals surface area contributed by atoms with E-state index in [2.05, 4.69) is 88.4 Å². The smallest absolute Gasteiger partial charge is 0.347 e. The molecule has 1 aromatic carbocycles. The van der Waals surface area contributed by atoms with Crippen LogP contribution in [0, 0.1) is 24.7 Å². The fourth-order valence-electron chi connectivity index (χ4n) is 7.61. The highest BCUT2D eigenvalue weighted by atomic mass is 16.6. The van der Waals surface area contributed by atoms with Crippen LogP contribution in [0.2, 0.25) is 0 Å². The minimum absolute atomic E-state index is 0.00597. The van der Waals surface area contributed by atoms with E-state index in [4.69, 9.17) is 9.15 Å². The van der Waals surface area contributed by atoms with Crippen LogP contribution in [0.25, 0.3) is 16.7 Å². The fraction of sp³-hybridized carbons (Fsp3) is 0.282. The number of ether oxygens (including phenoxy) is 1. The van der Waals surface area contributed by atoms with E-state index in [-0.39, 0.29) is 10.8 Å². The lowest BCUT2D eigenvalue weighted by Gasteiger charge is -2.58. The first-order chi connectivity index (χ1) is 20.3. The minimum Gasteiger partial charge on any atom is -0.466 e. The molecule has 4 nitrogen and oxygen atoms in total. The Morgan fingerprint density at radius 1 is 0.698 bits per heavy atom. The molecule has 1 aliphatic heterocycles. The molecule has 1 saturated heterocycles. The Hall–Kier alpha value is -4.44. The quantitative estimate of drug-likeness (QED) is 0.195. The van der Waals surface area contributed by atoms with E-state index < -0.39 is 11.9 Å². The summed E-state index contributed by atoms with van der Waals surface area (Å²) in [6.07, 6.45) is 14.2. The number of rotatable bonds is 1. The number of aryl methyl sites for hydroxylation is 2. The van der Waals surface area contributed by atoms with Gasteiger partial charge in [0.15, 0.2) is 0 Å². The number of carbonyl (C=O) groups excluding carboxylic acids is 2. The van der Waals surface area contributed by atoms with E-state index >= 15 is 0 Å². The SMILES string of the molecule is CC(C)=C1C(=O)OC(=O)/C1=C(\C)c1cc(C)oc1C.CC1=CC2=CC=C3C=C(C)C=C4c5ccccc5C(=C1)C2(C)C34C. The van der Waals surface area contributed by atoms with Gasteiger partial charge in [0.25, 0.3) is 0 Å². The zero-order valence-corrected chi connectivity index (χ0v) is 26.5. The van der Waals surface area contributed by atoms with E-state index in [0.29, 0.717) is 16.7 Å². The van der Waals surface area contributed by atoms with Gasteiger partial charge in [-0.1, -0.05) is 91.3 Å². The average Bonchev–Trinajstić information content (AvgIpc) is 3.45. The summed E-state index contributed by atoms with van der Waals surface area (Å²) in [6, 6.07) is 10.8. The van der Waals surface area contributed by atoms with Crippen LogP contribution in [-0.2, 0) is 14.3 Å². The van der Waals surface area contributed by atoms with Crippen molar-refractivity contribution in [1.29, 1.82) is 0 Å². The molecule has 4 aliphatic carbocycles. The van der Waals surface area contributed by atoms with E-state index in [9.17, 15) is 9.59 Å². The Morgan fingerprint density at radius 3 is 1.63 bits per heavy atom. The molecule has 218 valence electrons. The Morgan fingerprint density at radius 2 is 1.19 bits per heavy atom. The number of fused-ring (bicyclic) bond motifs is 3. The molecule has 1 aromatic heterocycles. The lowest BCUT2D eigenvalue weighted by Crippen LogP contribution is -2.47.